The number of furan rings is 1. The first kappa shape index (κ1) is 7.15. The maximum atomic E-state index is 5.47. The lowest BCUT2D eigenvalue weighted by Gasteiger charge is -2.26. The van der Waals surface area contributed by atoms with E-state index in [1.807, 2.05) is 18.4 Å². The molecule has 2 nitrogen and oxygen atoms in total. The summed E-state index contributed by atoms with van der Waals surface area (Å²) in [7, 11) is 0. The van der Waals surface area contributed by atoms with Gasteiger partial charge in [-0.05, 0) is 19.0 Å². The van der Waals surface area contributed by atoms with E-state index >= 15 is 0 Å². The number of para-hydroxylation sites is 1. The summed E-state index contributed by atoms with van der Waals surface area (Å²) < 4.78 is 5.47. The van der Waals surface area contributed by atoms with Crippen LogP contribution in [0.15, 0.2) is 34.9 Å². The molecule has 0 aliphatic carbocycles. The molecule has 0 unspecified atom stereocenters. The zero-order valence-corrected chi connectivity index (χ0v) is 7.29. The van der Waals surface area contributed by atoms with E-state index in [1.165, 1.54) is 17.4 Å². The minimum atomic E-state index is 0.517. The molecule has 2 heterocycles. The van der Waals surface area contributed by atoms with Crippen LogP contribution in [0.4, 0.5) is 0 Å². The number of fused-ring (bicyclic) bond motifs is 1. The highest BCUT2D eigenvalue weighted by atomic mass is 16.3. The van der Waals surface area contributed by atoms with E-state index in [-0.39, 0.29) is 0 Å². The zero-order valence-electron chi connectivity index (χ0n) is 7.29. The van der Waals surface area contributed by atoms with Gasteiger partial charge in [-0.1, -0.05) is 18.2 Å². The average molecular weight is 173 g/mol. The third-order valence-electron chi connectivity index (χ3n) is 2.71. The molecule has 0 saturated carbocycles. The Kier molecular flexibility index (Phi) is 1.43. The molecular formula is C11H11NO. The summed E-state index contributed by atoms with van der Waals surface area (Å²) in [5, 5.41) is 4.63. The van der Waals surface area contributed by atoms with Crippen LogP contribution in [0.3, 0.4) is 0 Å². The van der Waals surface area contributed by atoms with Gasteiger partial charge in [0.25, 0.3) is 0 Å². The first-order valence-corrected chi connectivity index (χ1v) is 4.65. The maximum Gasteiger partial charge on any atom is 0.134 e. The van der Waals surface area contributed by atoms with Crippen molar-refractivity contribution in [3.05, 3.63) is 36.1 Å². The van der Waals surface area contributed by atoms with E-state index in [4.69, 9.17) is 4.42 Å². The van der Waals surface area contributed by atoms with Crippen LogP contribution in [0.2, 0.25) is 0 Å². The fourth-order valence-corrected chi connectivity index (χ4v) is 1.82. The third-order valence-corrected chi connectivity index (χ3v) is 2.71. The highest BCUT2D eigenvalue weighted by Gasteiger charge is 2.21. The summed E-state index contributed by atoms with van der Waals surface area (Å²) in [6.45, 7) is 1.13. The van der Waals surface area contributed by atoms with Crippen molar-refractivity contribution in [1.29, 1.82) is 0 Å². The fraction of sp³-hybridized carbons (Fsp3) is 0.273. The Morgan fingerprint density at radius 2 is 2.15 bits per heavy atom. The molecule has 1 aliphatic rings. The fourth-order valence-electron chi connectivity index (χ4n) is 1.82. The monoisotopic (exact) mass is 173 g/mol. The molecule has 66 valence electrons. The molecular weight excluding hydrogens is 162 g/mol. The molecule has 1 N–H and O–H groups in total. The molecule has 2 heteroatoms. The molecule has 0 radical (unpaired) electrons. The molecule has 3 rings (SSSR count). The van der Waals surface area contributed by atoms with Crippen molar-refractivity contribution < 1.29 is 4.42 Å². The van der Waals surface area contributed by atoms with Crippen LogP contribution >= 0.6 is 0 Å². The van der Waals surface area contributed by atoms with Gasteiger partial charge in [0, 0.05) is 17.0 Å². The summed E-state index contributed by atoms with van der Waals surface area (Å²) in [5.74, 6) is 0. The lowest BCUT2D eigenvalue weighted by atomic mass is 9.98. The van der Waals surface area contributed by atoms with Gasteiger partial charge in [-0.15, -0.1) is 0 Å². The second-order valence-electron chi connectivity index (χ2n) is 3.48. The summed E-state index contributed by atoms with van der Waals surface area (Å²) in [6, 6.07) is 8.71. The SMILES string of the molecule is c1ccc2c([C@H]3CCN3)coc2c1. The highest BCUT2D eigenvalue weighted by Crippen LogP contribution is 2.30. The van der Waals surface area contributed by atoms with Crippen molar-refractivity contribution in [3.63, 3.8) is 0 Å². The molecule has 1 atom stereocenters. The number of hydrogen-bond acceptors (Lipinski definition) is 2. The van der Waals surface area contributed by atoms with Gasteiger partial charge in [0.1, 0.15) is 5.58 Å². The smallest absolute Gasteiger partial charge is 0.134 e. The largest absolute Gasteiger partial charge is 0.464 e. The predicted octanol–water partition coefficient (Wildman–Crippen LogP) is 2.47. The van der Waals surface area contributed by atoms with Crippen LogP contribution in [0.1, 0.15) is 18.0 Å². The van der Waals surface area contributed by atoms with Crippen LogP contribution in [-0.4, -0.2) is 6.54 Å². The van der Waals surface area contributed by atoms with Crippen molar-refractivity contribution in [2.24, 2.45) is 0 Å². The second kappa shape index (κ2) is 2.60. The number of rotatable bonds is 1. The lowest BCUT2D eigenvalue weighted by molar-refractivity contribution is 0.382. The molecule has 0 bridgehead atoms. The van der Waals surface area contributed by atoms with Crippen molar-refractivity contribution in [2.45, 2.75) is 12.5 Å². The van der Waals surface area contributed by atoms with Gasteiger partial charge in [0.2, 0.25) is 0 Å². The standard InChI is InChI=1S/C11H11NO/c1-2-4-11-8(3-1)9(7-13-11)10-5-6-12-10/h1-4,7,10,12H,5-6H2/t10-/m1/s1. The van der Waals surface area contributed by atoms with Crippen molar-refractivity contribution in [3.8, 4) is 0 Å². The minimum Gasteiger partial charge on any atom is -0.464 e. The zero-order chi connectivity index (χ0) is 8.67. The Hall–Kier alpha value is -1.28. The molecule has 1 saturated heterocycles. The van der Waals surface area contributed by atoms with Gasteiger partial charge < -0.3 is 9.73 Å². The maximum absolute atomic E-state index is 5.47. The summed E-state index contributed by atoms with van der Waals surface area (Å²) in [6.07, 6.45) is 3.10. The second-order valence-corrected chi connectivity index (χ2v) is 3.48. The quantitative estimate of drug-likeness (QED) is 0.716. The molecule has 2 aromatic rings. The van der Waals surface area contributed by atoms with E-state index in [0.717, 1.165) is 12.1 Å². The van der Waals surface area contributed by atoms with Gasteiger partial charge in [-0.25, -0.2) is 0 Å². The van der Waals surface area contributed by atoms with E-state index < -0.39 is 0 Å². The highest BCUT2D eigenvalue weighted by molar-refractivity contribution is 5.81. The van der Waals surface area contributed by atoms with E-state index in [0.29, 0.717) is 6.04 Å². The predicted molar refractivity (Wildman–Crippen MR) is 51.6 cm³/mol. The molecule has 1 fully saturated rings. The molecule has 1 aliphatic heterocycles. The van der Waals surface area contributed by atoms with Crippen LogP contribution < -0.4 is 5.32 Å². The van der Waals surface area contributed by atoms with Gasteiger partial charge in [-0.2, -0.15) is 0 Å². The van der Waals surface area contributed by atoms with Gasteiger partial charge in [-0.3, -0.25) is 0 Å². The summed E-state index contributed by atoms with van der Waals surface area (Å²) >= 11 is 0. The van der Waals surface area contributed by atoms with Crippen molar-refractivity contribution in [2.75, 3.05) is 6.54 Å². The molecule has 1 aromatic heterocycles. The van der Waals surface area contributed by atoms with Crippen LogP contribution in [0, 0.1) is 0 Å². The van der Waals surface area contributed by atoms with E-state index in [2.05, 4.69) is 17.4 Å². The van der Waals surface area contributed by atoms with Crippen LogP contribution in [0.5, 0.6) is 0 Å². The molecule has 13 heavy (non-hydrogen) atoms. The number of hydrogen-bond donors (Lipinski definition) is 1. The Morgan fingerprint density at radius 3 is 2.92 bits per heavy atom. The Bertz CT molecular complexity index is 428. The average Bonchev–Trinajstić information content (AvgIpc) is 2.47. The normalized spacial score (nSPS) is 21.7. The van der Waals surface area contributed by atoms with Gasteiger partial charge in [0.15, 0.2) is 0 Å². The lowest BCUT2D eigenvalue weighted by Crippen LogP contribution is -2.34. The first-order chi connectivity index (χ1) is 6.45. The summed E-state index contributed by atoms with van der Waals surface area (Å²) in [5.41, 5.74) is 2.30. The summed E-state index contributed by atoms with van der Waals surface area (Å²) in [4.78, 5) is 0. The first-order valence-electron chi connectivity index (χ1n) is 4.65. The Labute approximate surface area is 76.5 Å². The van der Waals surface area contributed by atoms with E-state index in [1.54, 1.807) is 0 Å². The molecule has 0 amide bonds. The molecule has 0 spiro atoms. The molecule has 1 aromatic carbocycles. The number of nitrogens with one attached hydrogen (secondary N) is 1. The van der Waals surface area contributed by atoms with Gasteiger partial charge >= 0.3 is 0 Å². The van der Waals surface area contributed by atoms with Crippen molar-refractivity contribution >= 4 is 11.0 Å². The Morgan fingerprint density at radius 1 is 1.31 bits per heavy atom. The van der Waals surface area contributed by atoms with Crippen LogP contribution in [-0.2, 0) is 0 Å². The third kappa shape index (κ3) is 0.988. The van der Waals surface area contributed by atoms with E-state index in [9.17, 15) is 0 Å². The topological polar surface area (TPSA) is 25.2 Å². The number of benzene rings is 1. The van der Waals surface area contributed by atoms with Crippen LogP contribution in [0.25, 0.3) is 11.0 Å². The van der Waals surface area contributed by atoms with Crippen molar-refractivity contribution in [1.82, 2.24) is 5.32 Å². The van der Waals surface area contributed by atoms with Gasteiger partial charge in [0.05, 0.1) is 6.26 Å². The minimum absolute atomic E-state index is 0.517. The Balaban J connectivity index is 2.17.